The maximum atomic E-state index is 13.2. The van der Waals surface area contributed by atoms with Crippen LogP contribution in [0, 0.1) is 0 Å². The lowest BCUT2D eigenvalue weighted by molar-refractivity contribution is -0.141. The lowest BCUT2D eigenvalue weighted by atomic mass is 10.1. The number of carbonyl (C=O) groups is 2. The fourth-order valence-electron chi connectivity index (χ4n) is 3.07. The van der Waals surface area contributed by atoms with E-state index >= 15 is 0 Å². The predicted molar refractivity (Wildman–Crippen MR) is 119 cm³/mol. The number of hydrogen-bond donors (Lipinski definition) is 1. The average Bonchev–Trinajstić information content (AvgIpc) is 2.71. The molecule has 0 saturated heterocycles. The summed E-state index contributed by atoms with van der Waals surface area (Å²) < 4.78 is 0. The first-order chi connectivity index (χ1) is 13.8. The van der Waals surface area contributed by atoms with Crippen molar-refractivity contribution in [1.29, 1.82) is 0 Å². The third kappa shape index (κ3) is 6.76. The first-order valence-electron chi connectivity index (χ1n) is 9.93. The molecule has 0 aromatic heterocycles. The van der Waals surface area contributed by atoms with E-state index in [1.807, 2.05) is 57.2 Å². The van der Waals surface area contributed by atoms with Gasteiger partial charge >= 0.3 is 0 Å². The number of benzene rings is 2. The van der Waals surface area contributed by atoms with Gasteiger partial charge in [0, 0.05) is 12.6 Å². The Balaban J connectivity index is 2.30. The van der Waals surface area contributed by atoms with E-state index in [4.69, 9.17) is 23.2 Å². The number of rotatable bonds is 9. The van der Waals surface area contributed by atoms with Crippen LogP contribution in [0.3, 0.4) is 0 Å². The summed E-state index contributed by atoms with van der Waals surface area (Å²) in [6.45, 7) is 6.17. The molecule has 4 nitrogen and oxygen atoms in total. The summed E-state index contributed by atoms with van der Waals surface area (Å²) in [4.78, 5) is 27.8. The van der Waals surface area contributed by atoms with Crippen LogP contribution >= 0.6 is 23.2 Å². The zero-order chi connectivity index (χ0) is 21.4. The minimum Gasteiger partial charge on any atom is -0.352 e. The number of nitrogens with zero attached hydrogens (tertiary/aromatic N) is 1. The van der Waals surface area contributed by atoms with Gasteiger partial charge < -0.3 is 10.2 Å². The summed E-state index contributed by atoms with van der Waals surface area (Å²) >= 11 is 12.2. The highest BCUT2D eigenvalue weighted by atomic mass is 35.5. The highest BCUT2D eigenvalue weighted by Gasteiger charge is 2.29. The molecule has 6 heteroatoms. The Kier molecular flexibility index (Phi) is 8.99. The van der Waals surface area contributed by atoms with Crippen LogP contribution in [0.1, 0.15) is 44.7 Å². The Hall–Kier alpha value is -2.04. The van der Waals surface area contributed by atoms with Crippen LogP contribution in [0.25, 0.3) is 0 Å². The highest BCUT2D eigenvalue weighted by molar-refractivity contribution is 6.42. The van der Waals surface area contributed by atoms with Gasteiger partial charge in [0.2, 0.25) is 11.8 Å². The number of hydrogen-bond acceptors (Lipinski definition) is 2. The first kappa shape index (κ1) is 23.2. The van der Waals surface area contributed by atoms with E-state index in [0.717, 1.165) is 17.5 Å². The van der Waals surface area contributed by atoms with Crippen molar-refractivity contribution in [2.45, 2.75) is 58.7 Å². The molecule has 1 N–H and O–H groups in total. The van der Waals surface area contributed by atoms with Crippen molar-refractivity contribution in [2.75, 3.05) is 0 Å². The Morgan fingerprint density at radius 1 is 0.966 bits per heavy atom. The SMILES string of the molecule is CC[C@H](C(=O)N[C@@H](C)CC)N(Cc1ccc(Cl)c(Cl)c1)C(=O)Cc1ccccc1. The van der Waals surface area contributed by atoms with Crippen molar-refractivity contribution in [3.8, 4) is 0 Å². The van der Waals surface area contributed by atoms with Crippen LogP contribution < -0.4 is 5.32 Å². The largest absolute Gasteiger partial charge is 0.352 e. The zero-order valence-corrected chi connectivity index (χ0v) is 18.6. The van der Waals surface area contributed by atoms with Crippen LogP contribution in [-0.4, -0.2) is 28.8 Å². The molecule has 0 unspecified atom stereocenters. The Morgan fingerprint density at radius 2 is 1.66 bits per heavy atom. The number of amides is 2. The second-order valence-electron chi connectivity index (χ2n) is 7.17. The molecule has 0 bridgehead atoms. The van der Waals surface area contributed by atoms with E-state index in [9.17, 15) is 9.59 Å². The van der Waals surface area contributed by atoms with Gasteiger partial charge in [-0.05, 0) is 43.0 Å². The smallest absolute Gasteiger partial charge is 0.243 e. The summed E-state index contributed by atoms with van der Waals surface area (Å²) in [5, 5.41) is 3.89. The Morgan fingerprint density at radius 3 is 2.24 bits per heavy atom. The van der Waals surface area contributed by atoms with E-state index in [1.165, 1.54) is 0 Å². The monoisotopic (exact) mass is 434 g/mol. The fourth-order valence-corrected chi connectivity index (χ4v) is 3.39. The Labute approximate surface area is 183 Å². The quantitative estimate of drug-likeness (QED) is 0.584. The van der Waals surface area contributed by atoms with Gasteiger partial charge in [0.15, 0.2) is 0 Å². The Bertz CT molecular complexity index is 827. The third-order valence-corrected chi connectivity index (χ3v) is 5.66. The van der Waals surface area contributed by atoms with E-state index in [1.54, 1.807) is 17.0 Å². The van der Waals surface area contributed by atoms with E-state index in [-0.39, 0.29) is 30.8 Å². The van der Waals surface area contributed by atoms with Crippen LogP contribution in [0.2, 0.25) is 10.0 Å². The summed E-state index contributed by atoms with van der Waals surface area (Å²) in [7, 11) is 0. The van der Waals surface area contributed by atoms with Gasteiger partial charge in [-0.2, -0.15) is 0 Å². The van der Waals surface area contributed by atoms with Gasteiger partial charge in [-0.15, -0.1) is 0 Å². The number of nitrogens with one attached hydrogen (secondary N) is 1. The van der Waals surface area contributed by atoms with Gasteiger partial charge in [-0.3, -0.25) is 9.59 Å². The van der Waals surface area contributed by atoms with Crippen molar-refractivity contribution in [3.63, 3.8) is 0 Å². The molecule has 0 aliphatic rings. The lowest BCUT2D eigenvalue weighted by Crippen LogP contribution is -2.51. The molecule has 2 atom stereocenters. The van der Waals surface area contributed by atoms with Crippen LogP contribution in [0.5, 0.6) is 0 Å². The summed E-state index contributed by atoms with van der Waals surface area (Å²) in [6, 6.07) is 14.3. The molecule has 0 spiro atoms. The molecule has 0 radical (unpaired) electrons. The fraction of sp³-hybridized carbons (Fsp3) is 0.391. The second kappa shape index (κ2) is 11.2. The van der Waals surface area contributed by atoms with E-state index in [0.29, 0.717) is 16.5 Å². The molecule has 2 amide bonds. The standard InChI is InChI=1S/C23H28Cl2N2O2/c1-4-16(3)26-23(29)21(5-2)27(15-18-11-12-19(24)20(25)13-18)22(28)14-17-9-7-6-8-10-17/h6-13,16,21H,4-5,14-15H2,1-3H3,(H,26,29)/t16-,21+/m0/s1. The van der Waals surface area contributed by atoms with Gasteiger partial charge in [0.05, 0.1) is 16.5 Å². The highest BCUT2D eigenvalue weighted by Crippen LogP contribution is 2.24. The first-order valence-corrected chi connectivity index (χ1v) is 10.7. The maximum Gasteiger partial charge on any atom is 0.243 e. The minimum atomic E-state index is -0.560. The van der Waals surface area contributed by atoms with Crippen molar-refractivity contribution in [3.05, 3.63) is 69.7 Å². The molecular weight excluding hydrogens is 407 g/mol. The lowest BCUT2D eigenvalue weighted by Gasteiger charge is -2.31. The topological polar surface area (TPSA) is 49.4 Å². The molecule has 2 aromatic rings. The molecule has 0 fully saturated rings. The summed E-state index contributed by atoms with van der Waals surface area (Å²) in [5.41, 5.74) is 1.74. The third-order valence-electron chi connectivity index (χ3n) is 4.92. The van der Waals surface area contributed by atoms with E-state index < -0.39 is 6.04 Å². The molecule has 0 aliphatic carbocycles. The molecule has 0 heterocycles. The molecule has 0 aliphatic heterocycles. The molecular formula is C23H28Cl2N2O2. The predicted octanol–water partition coefficient (Wildman–Crippen LogP) is 5.26. The average molecular weight is 435 g/mol. The van der Waals surface area contributed by atoms with Crippen molar-refractivity contribution in [1.82, 2.24) is 10.2 Å². The zero-order valence-electron chi connectivity index (χ0n) is 17.1. The van der Waals surface area contributed by atoms with Gasteiger partial charge in [-0.25, -0.2) is 0 Å². The normalized spacial score (nSPS) is 12.9. The molecule has 156 valence electrons. The van der Waals surface area contributed by atoms with Crippen molar-refractivity contribution < 1.29 is 9.59 Å². The van der Waals surface area contributed by atoms with Crippen LogP contribution in [0.4, 0.5) is 0 Å². The van der Waals surface area contributed by atoms with Gasteiger partial charge in [0.25, 0.3) is 0 Å². The molecule has 2 aromatic carbocycles. The van der Waals surface area contributed by atoms with Gasteiger partial charge in [-0.1, -0.05) is 73.4 Å². The minimum absolute atomic E-state index is 0.0487. The van der Waals surface area contributed by atoms with Gasteiger partial charge in [0.1, 0.15) is 6.04 Å². The molecule has 29 heavy (non-hydrogen) atoms. The summed E-state index contributed by atoms with van der Waals surface area (Å²) in [5.74, 6) is -0.239. The van der Waals surface area contributed by atoms with E-state index in [2.05, 4.69) is 5.32 Å². The molecule has 0 saturated carbocycles. The van der Waals surface area contributed by atoms with Crippen LogP contribution in [-0.2, 0) is 22.6 Å². The number of carbonyl (C=O) groups excluding carboxylic acids is 2. The van der Waals surface area contributed by atoms with Crippen molar-refractivity contribution >= 4 is 35.0 Å². The number of halogens is 2. The maximum absolute atomic E-state index is 13.2. The summed E-state index contributed by atoms with van der Waals surface area (Å²) in [6.07, 6.45) is 1.58. The van der Waals surface area contributed by atoms with Crippen molar-refractivity contribution in [2.24, 2.45) is 0 Å². The molecule has 2 rings (SSSR count). The second-order valence-corrected chi connectivity index (χ2v) is 7.99. The van der Waals surface area contributed by atoms with Crippen LogP contribution in [0.15, 0.2) is 48.5 Å².